The maximum atomic E-state index is 13.3. The highest BCUT2D eigenvalue weighted by Gasteiger charge is 2.54. The number of piperidine rings is 1. The van der Waals surface area contributed by atoms with Crippen LogP contribution < -0.4 is 5.32 Å². The fourth-order valence-electron chi connectivity index (χ4n) is 6.68. The van der Waals surface area contributed by atoms with Gasteiger partial charge in [-0.15, -0.1) is 32.9 Å². The first kappa shape index (κ1) is 29.4. The number of rotatable bonds is 8. The predicted molar refractivity (Wildman–Crippen MR) is 161 cm³/mol. The Morgan fingerprint density at radius 3 is 2.21 bits per heavy atom. The summed E-state index contributed by atoms with van der Waals surface area (Å²) in [6, 6.07) is 5.81. The van der Waals surface area contributed by atoms with Gasteiger partial charge >= 0.3 is 0 Å². The summed E-state index contributed by atoms with van der Waals surface area (Å²) in [6.07, 6.45) is 3.59. The minimum absolute atomic E-state index is 0.0666. The van der Waals surface area contributed by atoms with E-state index in [0.29, 0.717) is 40.8 Å². The molecule has 226 valence electrons. The third-order valence-electron chi connectivity index (χ3n) is 8.83. The van der Waals surface area contributed by atoms with Gasteiger partial charge in [-0.2, -0.15) is 10.5 Å². The molecule has 2 aliphatic carbocycles. The van der Waals surface area contributed by atoms with Crippen molar-refractivity contribution in [2.45, 2.75) is 62.6 Å². The molecule has 1 aliphatic heterocycles. The van der Waals surface area contributed by atoms with Crippen molar-refractivity contribution < 1.29 is 14.4 Å². The largest absolute Gasteiger partial charge is 0.344 e. The zero-order chi connectivity index (χ0) is 30.6. The lowest BCUT2D eigenvalue weighted by molar-refractivity contribution is -0.131. The van der Waals surface area contributed by atoms with Crippen LogP contribution in [0.15, 0.2) is 12.1 Å². The monoisotopic (exact) mass is 621 g/mol. The molecule has 3 aromatic rings. The summed E-state index contributed by atoms with van der Waals surface area (Å²) in [5.41, 5.74) is 0.917. The molecule has 1 saturated carbocycles. The third kappa shape index (κ3) is 5.03. The molecule has 2 fully saturated rings. The number of nitrogens with zero attached hydrogens (tertiary/aromatic N) is 7. The summed E-state index contributed by atoms with van der Waals surface area (Å²) < 4.78 is 0. The summed E-state index contributed by atoms with van der Waals surface area (Å²) in [5.74, 6) is 0.669. The molecule has 0 radical (unpaired) electrons. The van der Waals surface area contributed by atoms with Gasteiger partial charge in [-0.3, -0.25) is 14.4 Å². The second-order valence-electron chi connectivity index (χ2n) is 12.2. The maximum absolute atomic E-state index is 13.3. The standard InChI is InChI=1S/C29H35N9O3S2/c1-15(31-14-25(39)38-17(13-30)8-16-9-20(16)38)12-29(28-32-34-35-33-28)18-10-23(26(40)36(2)3)42-21(18)6-7-22-19(29)11-24(43-22)27(41)37(4)5/h10-11,15-17,20,31H,6-9,12,14H2,1-5H3,(H,32,33,34,35)/t15-,16+,17-,20-/m0/s1. The number of carbonyl (C=O) groups excluding carboxylic acids is 3. The van der Waals surface area contributed by atoms with Gasteiger partial charge in [0.05, 0.1) is 27.8 Å². The Morgan fingerprint density at radius 1 is 1.09 bits per heavy atom. The van der Waals surface area contributed by atoms with E-state index in [9.17, 15) is 19.6 Å². The quantitative estimate of drug-likeness (QED) is 0.388. The summed E-state index contributed by atoms with van der Waals surface area (Å²) in [5, 5.41) is 28.6. The number of aromatic nitrogens is 4. The Kier molecular flexibility index (Phi) is 7.60. The van der Waals surface area contributed by atoms with Crippen LogP contribution in [0.5, 0.6) is 0 Å². The predicted octanol–water partition coefficient (Wildman–Crippen LogP) is 2.04. The summed E-state index contributed by atoms with van der Waals surface area (Å²) in [4.78, 5) is 47.8. The molecule has 0 unspecified atom stereocenters. The summed E-state index contributed by atoms with van der Waals surface area (Å²) in [6.45, 7) is 2.12. The number of amides is 3. The highest BCUT2D eigenvalue weighted by Crippen LogP contribution is 2.51. The van der Waals surface area contributed by atoms with E-state index in [2.05, 4.69) is 32.0 Å². The molecule has 6 rings (SSSR count). The lowest BCUT2D eigenvalue weighted by Gasteiger charge is -2.34. The van der Waals surface area contributed by atoms with Crippen molar-refractivity contribution in [3.8, 4) is 6.07 Å². The van der Waals surface area contributed by atoms with Gasteiger partial charge in [0.2, 0.25) is 5.91 Å². The van der Waals surface area contributed by atoms with Crippen LogP contribution in [-0.2, 0) is 23.1 Å². The minimum Gasteiger partial charge on any atom is -0.344 e. The smallest absolute Gasteiger partial charge is 0.263 e. The second kappa shape index (κ2) is 11.1. The van der Waals surface area contributed by atoms with E-state index in [-0.39, 0.29) is 42.4 Å². The molecule has 12 nitrogen and oxygen atoms in total. The zero-order valence-corrected chi connectivity index (χ0v) is 26.5. The van der Waals surface area contributed by atoms with Crippen LogP contribution in [0.4, 0.5) is 0 Å². The molecular formula is C29H35N9O3S2. The average molecular weight is 622 g/mol. The van der Waals surface area contributed by atoms with Gasteiger partial charge in [-0.25, -0.2) is 0 Å². The lowest BCUT2D eigenvalue weighted by Crippen LogP contribution is -2.46. The Bertz CT molecular complexity index is 1540. The van der Waals surface area contributed by atoms with Crippen LogP contribution in [0.3, 0.4) is 0 Å². The number of nitriles is 1. The second-order valence-corrected chi connectivity index (χ2v) is 14.4. The molecule has 3 amide bonds. The van der Waals surface area contributed by atoms with Crippen LogP contribution in [0.25, 0.3) is 0 Å². The van der Waals surface area contributed by atoms with Gasteiger partial charge < -0.3 is 20.0 Å². The van der Waals surface area contributed by atoms with Gasteiger partial charge in [0.25, 0.3) is 11.8 Å². The normalized spacial score (nSPS) is 22.0. The fraction of sp³-hybridized carbons (Fsp3) is 0.552. The molecular weight excluding hydrogens is 587 g/mol. The Balaban J connectivity index is 1.41. The number of H-pyrrole nitrogens is 1. The van der Waals surface area contributed by atoms with Gasteiger partial charge in [-0.05, 0) is 68.2 Å². The van der Waals surface area contributed by atoms with E-state index in [0.717, 1.165) is 33.7 Å². The van der Waals surface area contributed by atoms with Crippen molar-refractivity contribution in [1.82, 2.24) is 40.6 Å². The number of aryl methyl sites for hydroxylation is 2. The lowest BCUT2D eigenvalue weighted by atomic mass is 9.70. The van der Waals surface area contributed by atoms with Crippen LogP contribution in [-0.4, -0.2) is 106 Å². The van der Waals surface area contributed by atoms with Crippen LogP contribution >= 0.6 is 22.7 Å². The maximum Gasteiger partial charge on any atom is 0.263 e. The van der Waals surface area contributed by atoms with Gasteiger partial charge in [0, 0.05) is 50.0 Å². The highest BCUT2D eigenvalue weighted by atomic mass is 32.1. The number of hydrogen-bond acceptors (Lipinski definition) is 10. The van der Waals surface area contributed by atoms with Gasteiger partial charge in [-0.1, -0.05) is 5.21 Å². The molecule has 14 heteroatoms. The van der Waals surface area contributed by atoms with E-state index < -0.39 is 5.41 Å². The summed E-state index contributed by atoms with van der Waals surface area (Å²) >= 11 is 2.97. The zero-order valence-electron chi connectivity index (χ0n) is 24.9. The number of hydrogen-bond donors (Lipinski definition) is 2. The number of nitrogens with one attached hydrogen (secondary N) is 2. The first-order valence-electron chi connectivity index (χ1n) is 14.4. The molecule has 3 aromatic heterocycles. The topological polar surface area (TPSA) is 151 Å². The number of fused-ring (bicyclic) bond motifs is 3. The Morgan fingerprint density at radius 2 is 1.70 bits per heavy atom. The molecule has 2 N–H and O–H groups in total. The molecule has 0 aromatic carbocycles. The molecule has 4 atom stereocenters. The van der Waals surface area contributed by atoms with Crippen molar-refractivity contribution >= 4 is 40.4 Å². The van der Waals surface area contributed by atoms with E-state index in [1.165, 1.54) is 22.7 Å². The van der Waals surface area contributed by atoms with Gasteiger partial charge in [0.15, 0.2) is 5.82 Å². The fourth-order valence-corrected chi connectivity index (χ4v) is 9.20. The van der Waals surface area contributed by atoms with E-state index in [4.69, 9.17) is 0 Å². The van der Waals surface area contributed by atoms with E-state index >= 15 is 0 Å². The molecule has 0 bridgehead atoms. The number of aromatic amines is 1. The molecule has 4 heterocycles. The van der Waals surface area contributed by atoms with Crippen molar-refractivity contribution in [3.63, 3.8) is 0 Å². The van der Waals surface area contributed by atoms with E-state index in [1.807, 2.05) is 19.1 Å². The first-order valence-corrected chi connectivity index (χ1v) is 16.1. The highest BCUT2D eigenvalue weighted by molar-refractivity contribution is 7.15. The molecule has 0 spiro atoms. The Labute approximate surface area is 258 Å². The van der Waals surface area contributed by atoms with Gasteiger partial charge in [0.1, 0.15) is 6.04 Å². The van der Waals surface area contributed by atoms with Crippen molar-refractivity contribution in [3.05, 3.63) is 48.6 Å². The van der Waals surface area contributed by atoms with E-state index in [1.54, 1.807) is 42.9 Å². The summed E-state index contributed by atoms with van der Waals surface area (Å²) in [7, 11) is 6.94. The van der Waals surface area contributed by atoms with Crippen molar-refractivity contribution in [1.29, 1.82) is 5.26 Å². The number of tetrazole rings is 1. The minimum atomic E-state index is -0.934. The number of carbonyl (C=O) groups is 3. The number of likely N-dealkylation sites (tertiary alicyclic amines) is 1. The molecule has 1 saturated heterocycles. The van der Waals surface area contributed by atoms with Crippen LogP contribution in [0, 0.1) is 17.2 Å². The Hall–Kier alpha value is -3.67. The molecule has 3 aliphatic rings. The van der Waals surface area contributed by atoms with Crippen LogP contribution in [0.1, 0.15) is 72.2 Å². The third-order valence-corrected chi connectivity index (χ3v) is 11.2. The van der Waals surface area contributed by atoms with Crippen LogP contribution in [0.2, 0.25) is 0 Å². The number of thiophene rings is 2. The average Bonchev–Trinajstić information content (AvgIpc) is 3.48. The first-order chi connectivity index (χ1) is 20.5. The van der Waals surface area contributed by atoms with Crippen molar-refractivity contribution in [2.75, 3.05) is 34.7 Å². The SMILES string of the molecule is C[C@@H](CC1(c2nn[nH]n2)c2cc(C(=O)N(C)C)sc2CCc2sc(C(=O)N(C)C)cc21)NCC(=O)N1[C@H](C#N)C[C@@H]2C[C@@H]21. The molecule has 43 heavy (non-hydrogen) atoms. The van der Waals surface area contributed by atoms with Crippen molar-refractivity contribution in [2.24, 2.45) is 5.92 Å².